The molecule has 0 aliphatic heterocycles. The maximum Gasteiger partial charge on any atom is 0.101 e. The molecule has 0 saturated heterocycles. The first-order chi connectivity index (χ1) is 23.8. The highest BCUT2D eigenvalue weighted by atomic mass is 15.0. The van der Waals surface area contributed by atoms with Crippen molar-refractivity contribution in [1.29, 1.82) is 10.5 Å². The molecule has 9 rings (SSSR count). The van der Waals surface area contributed by atoms with Gasteiger partial charge in [-0.15, -0.1) is 0 Å². The van der Waals surface area contributed by atoms with Gasteiger partial charge in [0.2, 0.25) is 0 Å². The molecule has 0 saturated carbocycles. The van der Waals surface area contributed by atoms with Gasteiger partial charge in [-0.2, -0.15) is 10.5 Å². The predicted octanol–water partition coefficient (Wildman–Crippen LogP) is 10.8. The van der Waals surface area contributed by atoms with Gasteiger partial charge in [-0.3, -0.25) is 0 Å². The van der Waals surface area contributed by atoms with Crippen molar-refractivity contribution in [2.75, 3.05) is 0 Å². The summed E-state index contributed by atoms with van der Waals surface area (Å²) in [6.45, 7) is 0. The van der Waals surface area contributed by atoms with Crippen molar-refractivity contribution in [2.24, 2.45) is 0 Å². The van der Waals surface area contributed by atoms with Crippen LogP contribution in [0.1, 0.15) is 28.8 Å². The number of para-hydroxylation sites is 4. The molecule has 1 aliphatic rings. The SMILES string of the molecule is N#Cc1cccc(-c2cccc(C#N)c2-n2c3ccccc3c3ccccc32)c1-c1cccc(-n2c3c(c4ccccc42)CCC=C3)c1. The fraction of sp³-hybridized carbons (Fsp3) is 0.0455. The summed E-state index contributed by atoms with van der Waals surface area (Å²) >= 11 is 0. The van der Waals surface area contributed by atoms with Crippen LogP contribution in [0.3, 0.4) is 0 Å². The Morgan fingerprint density at radius 3 is 1.85 bits per heavy atom. The Bertz CT molecular complexity index is 2650. The Morgan fingerprint density at radius 1 is 0.542 bits per heavy atom. The van der Waals surface area contributed by atoms with E-state index in [1.54, 1.807) is 0 Å². The van der Waals surface area contributed by atoms with Crippen molar-refractivity contribution in [3.8, 4) is 45.8 Å². The molecule has 6 aromatic carbocycles. The van der Waals surface area contributed by atoms with Crippen LogP contribution in [0.15, 0.2) is 140 Å². The third kappa shape index (κ3) is 4.07. The second-order valence-corrected chi connectivity index (χ2v) is 12.2. The zero-order valence-corrected chi connectivity index (χ0v) is 26.1. The van der Waals surface area contributed by atoms with Crippen LogP contribution in [0.4, 0.5) is 0 Å². The number of rotatable bonds is 4. The minimum Gasteiger partial charge on any atom is -0.310 e. The lowest BCUT2D eigenvalue weighted by Crippen LogP contribution is -2.03. The molecule has 0 N–H and O–H groups in total. The van der Waals surface area contributed by atoms with E-state index in [0.717, 1.165) is 68.3 Å². The lowest BCUT2D eigenvalue weighted by molar-refractivity contribution is 0.968. The normalized spacial score (nSPS) is 12.3. The molecule has 48 heavy (non-hydrogen) atoms. The molecular formula is C44H28N4. The number of hydrogen-bond donors (Lipinski definition) is 0. The average Bonchev–Trinajstić information content (AvgIpc) is 3.67. The van der Waals surface area contributed by atoms with Gasteiger partial charge in [0.15, 0.2) is 0 Å². The monoisotopic (exact) mass is 612 g/mol. The molecule has 0 bridgehead atoms. The van der Waals surface area contributed by atoms with Crippen molar-refractivity contribution < 1.29 is 0 Å². The highest BCUT2D eigenvalue weighted by molar-refractivity contribution is 6.10. The summed E-state index contributed by atoms with van der Waals surface area (Å²) in [7, 11) is 0. The van der Waals surface area contributed by atoms with Gasteiger partial charge in [-0.1, -0.05) is 97.1 Å². The number of nitrogens with zero attached hydrogens (tertiary/aromatic N) is 4. The van der Waals surface area contributed by atoms with Crippen molar-refractivity contribution >= 4 is 38.8 Å². The molecule has 1 aliphatic carbocycles. The lowest BCUT2D eigenvalue weighted by atomic mass is 9.89. The number of nitriles is 2. The Balaban J connectivity index is 1.32. The molecule has 2 heterocycles. The lowest BCUT2D eigenvalue weighted by Gasteiger charge is -2.19. The molecular weight excluding hydrogens is 585 g/mol. The summed E-state index contributed by atoms with van der Waals surface area (Å²) < 4.78 is 4.56. The van der Waals surface area contributed by atoms with E-state index >= 15 is 0 Å². The second kappa shape index (κ2) is 11.0. The molecule has 2 aromatic heterocycles. The summed E-state index contributed by atoms with van der Waals surface area (Å²) in [6.07, 6.45) is 6.55. The third-order valence-electron chi connectivity index (χ3n) is 9.69. The first kappa shape index (κ1) is 27.7. The molecule has 0 fully saturated rings. The van der Waals surface area contributed by atoms with Crippen molar-refractivity contribution in [2.45, 2.75) is 12.8 Å². The van der Waals surface area contributed by atoms with E-state index < -0.39 is 0 Å². The van der Waals surface area contributed by atoms with Crippen molar-refractivity contribution in [1.82, 2.24) is 9.13 Å². The molecule has 0 atom stereocenters. The fourth-order valence-corrected chi connectivity index (χ4v) is 7.70. The summed E-state index contributed by atoms with van der Waals surface area (Å²) in [4.78, 5) is 0. The van der Waals surface area contributed by atoms with E-state index in [9.17, 15) is 10.5 Å². The zero-order valence-electron chi connectivity index (χ0n) is 26.1. The van der Waals surface area contributed by atoms with Crippen molar-refractivity contribution in [3.05, 3.63) is 162 Å². The largest absolute Gasteiger partial charge is 0.310 e. The van der Waals surface area contributed by atoms with Crippen LogP contribution in [-0.2, 0) is 6.42 Å². The zero-order chi connectivity index (χ0) is 32.2. The number of aromatic nitrogens is 2. The van der Waals surface area contributed by atoms with Crippen LogP contribution < -0.4 is 0 Å². The summed E-state index contributed by atoms with van der Waals surface area (Å²) in [5.74, 6) is 0. The number of allylic oxidation sites excluding steroid dienone is 1. The first-order valence-corrected chi connectivity index (χ1v) is 16.2. The van der Waals surface area contributed by atoms with E-state index in [2.05, 4.69) is 130 Å². The molecule has 0 radical (unpaired) electrons. The Hall–Kier alpha value is -6.62. The van der Waals surface area contributed by atoms with Gasteiger partial charge in [0.05, 0.1) is 39.4 Å². The quantitative estimate of drug-likeness (QED) is 0.199. The molecule has 4 nitrogen and oxygen atoms in total. The highest BCUT2D eigenvalue weighted by Gasteiger charge is 2.23. The highest BCUT2D eigenvalue weighted by Crippen LogP contribution is 2.43. The minimum absolute atomic E-state index is 0.568. The van der Waals surface area contributed by atoms with Crippen molar-refractivity contribution in [3.63, 3.8) is 0 Å². The second-order valence-electron chi connectivity index (χ2n) is 12.2. The molecule has 0 spiro atoms. The van der Waals surface area contributed by atoms with E-state index in [4.69, 9.17) is 0 Å². The standard InChI is InChI=1S/C44H28N4/c45-27-30-13-10-20-37(38-21-11-14-31(28-46)44(38)48-41-24-7-3-18-35(41)36-19-4-8-25-42(36)48)43(30)29-12-9-15-32(26-29)47-39-22-5-1-16-33(39)34-17-2-6-23-40(34)47/h1,3-16,18-26H,2,17H2. The van der Waals surface area contributed by atoms with Gasteiger partial charge in [-0.05, 0) is 78.1 Å². The predicted molar refractivity (Wildman–Crippen MR) is 195 cm³/mol. The minimum atomic E-state index is 0.568. The number of fused-ring (bicyclic) bond motifs is 6. The van der Waals surface area contributed by atoms with Gasteiger partial charge in [0, 0.05) is 38.7 Å². The molecule has 224 valence electrons. The smallest absolute Gasteiger partial charge is 0.101 e. The molecule has 0 unspecified atom stereocenters. The van der Waals surface area contributed by atoms with Gasteiger partial charge in [0.1, 0.15) is 6.07 Å². The Morgan fingerprint density at radius 2 is 1.15 bits per heavy atom. The van der Waals surface area contributed by atoms with Gasteiger partial charge >= 0.3 is 0 Å². The van der Waals surface area contributed by atoms with Crippen LogP contribution in [-0.4, -0.2) is 9.13 Å². The average molecular weight is 613 g/mol. The van der Waals surface area contributed by atoms with Crippen LogP contribution in [0, 0.1) is 22.7 Å². The number of hydrogen-bond acceptors (Lipinski definition) is 2. The summed E-state index contributed by atoms with van der Waals surface area (Å²) in [5, 5.41) is 24.6. The molecule has 4 heteroatoms. The maximum atomic E-state index is 10.5. The van der Waals surface area contributed by atoms with E-state index in [1.807, 2.05) is 36.4 Å². The van der Waals surface area contributed by atoms with Gasteiger partial charge < -0.3 is 9.13 Å². The van der Waals surface area contributed by atoms with Crippen LogP contribution >= 0.6 is 0 Å². The van der Waals surface area contributed by atoms with E-state index in [-0.39, 0.29) is 0 Å². The van der Waals surface area contributed by atoms with Gasteiger partial charge in [0.25, 0.3) is 0 Å². The van der Waals surface area contributed by atoms with Crippen LogP contribution in [0.25, 0.3) is 72.4 Å². The van der Waals surface area contributed by atoms with Crippen LogP contribution in [0.5, 0.6) is 0 Å². The fourth-order valence-electron chi connectivity index (χ4n) is 7.70. The molecule has 8 aromatic rings. The van der Waals surface area contributed by atoms with Gasteiger partial charge in [-0.25, -0.2) is 0 Å². The summed E-state index contributed by atoms with van der Waals surface area (Å²) in [5.41, 5.74) is 12.4. The third-order valence-corrected chi connectivity index (χ3v) is 9.69. The maximum absolute atomic E-state index is 10.5. The summed E-state index contributed by atoms with van der Waals surface area (Å²) in [6, 6.07) is 50.6. The number of benzene rings is 6. The van der Waals surface area contributed by atoms with Crippen LogP contribution in [0.2, 0.25) is 0 Å². The first-order valence-electron chi connectivity index (χ1n) is 16.2. The topological polar surface area (TPSA) is 57.4 Å². The Labute approximate surface area is 278 Å². The molecule has 0 amide bonds. The van der Waals surface area contributed by atoms with E-state index in [0.29, 0.717) is 11.1 Å². The van der Waals surface area contributed by atoms with E-state index in [1.165, 1.54) is 22.2 Å². The number of aryl methyl sites for hydroxylation is 1. The Kier molecular flexibility index (Phi) is 6.35.